The molecule has 0 heterocycles. The van der Waals surface area contributed by atoms with Crippen LogP contribution in [0.15, 0.2) is 11.8 Å². The molecular formula is C18H30O6. The second-order valence-electron chi connectivity index (χ2n) is 5.53. The minimum Gasteiger partial charge on any atom is -0.512 e. The van der Waals surface area contributed by atoms with Crippen molar-refractivity contribution in [1.82, 2.24) is 0 Å². The van der Waals surface area contributed by atoms with Gasteiger partial charge in [-0.25, -0.2) is 4.79 Å². The summed E-state index contributed by atoms with van der Waals surface area (Å²) in [5.74, 6) is -0.971. The van der Waals surface area contributed by atoms with Crippen LogP contribution in [0, 0.1) is 0 Å². The van der Waals surface area contributed by atoms with Gasteiger partial charge in [0.05, 0.1) is 25.0 Å². The molecule has 0 amide bonds. The second kappa shape index (κ2) is 14.7. The molecule has 1 N–H and O–H groups in total. The van der Waals surface area contributed by atoms with Crippen LogP contribution < -0.4 is 0 Å². The van der Waals surface area contributed by atoms with Crippen molar-refractivity contribution in [3.05, 3.63) is 11.8 Å². The normalized spacial score (nSPS) is 11.2. The van der Waals surface area contributed by atoms with Gasteiger partial charge in [-0.3, -0.25) is 9.59 Å². The van der Waals surface area contributed by atoms with Gasteiger partial charge >= 0.3 is 11.9 Å². The minimum atomic E-state index is -0.512. The number of hydrogen-bond donors (Lipinski definition) is 1. The monoisotopic (exact) mass is 342 g/mol. The Morgan fingerprint density at radius 3 is 1.96 bits per heavy atom. The first-order chi connectivity index (χ1) is 11.5. The van der Waals surface area contributed by atoms with Gasteiger partial charge in [0.2, 0.25) is 0 Å². The molecule has 6 nitrogen and oxygen atoms in total. The lowest BCUT2D eigenvalue weighted by atomic mass is 10.1. The van der Waals surface area contributed by atoms with Gasteiger partial charge in [0, 0.05) is 12.8 Å². The highest BCUT2D eigenvalue weighted by Crippen LogP contribution is 2.12. The third-order valence-electron chi connectivity index (χ3n) is 3.36. The SMILES string of the molecule is CCOC(=O)/C=C(\O)CCCCCCCCC(=O)CC(=O)OCC. The standard InChI is InChI=1S/C18H30O6/c1-3-23-17(21)13-15(19)11-9-7-5-6-8-10-12-16(20)14-18(22)24-4-2/h13,19H,3-12,14H2,1-2H3/b15-13-. The van der Waals surface area contributed by atoms with Gasteiger partial charge in [-0.2, -0.15) is 0 Å². The molecule has 0 unspecified atom stereocenters. The Bertz CT molecular complexity index is 414. The van der Waals surface area contributed by atoms with Crippen LogP contribution in [0.2, 0.25) is 0 Å². The number of carbonyl (C=O) groups is 3. The van der Waals surface area contributed by atoms with E-state index in [0.717, 1.165) is 44.6 Å². The zero-order valence-corrected chi connectivity index (χ0v) is 14.8. The Hall–Kier alpha value is -1.85. The van der Waals surface area contributed by atoms with Gasteiger partial charge in [0.1, 0.15) is 12.2 Å². The average Bonchev–Trinajstić information content (AvgIpc) is 2.50. The average molecular weight is 342 g/mol. The Morgan fingerprint density at radius 1 is 0.833 bits per heavy atom. The number of ketones is 1. The number of esters is 2. The molecule has 0 spiro atoms. The van der Waals surface area contributed by atoms with Crippen molar-refractivity contribution < 1.29 is 29.0 Å². The first kappa shape index (κ1) is 22.1. The maximum Gasteiger partial charge on any atom is 0.334 e. The quantitative estimate of drug-likeness (QED) is 0.170. The minimum absolute atomic E-state index is 0.0537. The molecule has 0 rings (SSSR count). The molecule has 24 heavy (non-hydrogen) atoms. The Kier molecular flexibility index (Phi) is 13.6. The van der Waals surface area contributed by atoms with Crippen LogP contribution in [-0.4, -0.2) is 36.0 Å². The number of ether oxygens (including phenoxy) is 2. The summed E-state index contributed by atoms with van der Waals surface area (Å²) in [7, 11) is 0. The summed E-state index contributed by atoms with van der Waals surface area (Å²) in [5, 5.41) is 9.54. The molecule has 138 valence electrons. The van der Waals surface area contributed by atoms with Crippen LogP contribution in [0.3, 0.4) is 0 Å². The second-order valence-corrected chi connectivity index (χ2v) is 5.53. The Balaban J connectivity index is 3.53. The number of aliphatic hydroxyl groups is 1. The lowest BCUT2D eigenvalue weighted by Crippen LogP contribution is -2.10. The predicted molar refractivity (Wildman–Crippen MR) is 90.5 cm³/mol. The first-order valence-electron chi connectivity index (χ1n) is 8.73. The van der Waals surface area contributed by atoms with Crippen molar-refractivity contribution in [1.29, 1.82) is 0 Å². The molecule has 0 aliphatic rings. The predicted octanol–water partition coefficient (Wildman–Crippen LogP) is 3.63. The van der Waals surface area contributed by atoms with E-state index in [0.29, 0.717) is 26.1 Å². The maximum absolute atomic E-state index is 11.5. The van der Waals surface area contributed by atoms with E-state index >= 15 is 0 Å². The molecule has 6 heteroatoms. The van der Waals surface area contributed by atoms with Crippen LogP contribution in [0.5, 0.6) is 0 Å². The van der Waals surface area contributed by atoms with Crippen LogP contribution in [-0.2, 0) is 23.9 Å². The van der Waals surface area contributed by atoms with Gasteiger partial charge in [-0.1, -0.05) is 25.7 Å². The summed E-state index contributed by atoms with van der Waals surface area (Å²) in [6.45, 7) is 4.03. The van der Waals surface area contributed by atoms with E-state index in [4.69, 9.17) is 9.47 Å². The number of allylic oxidation sites excluding steroid dienone is 1. The van der Waals surface area contributed by atoms with Crippen molar-refractivity contribution in [2.75, 3.05) is 13.2 Å². The molecule has 0 aromatic carbocycles. The van der Waals surface area contributed by atoms with E-state index in [2.05, 4.69) is 0 Å². The molecule has 0 aromatic heterocycles. The molecule has 0 atom stereocenters. The van der Waals surface area contributed by atoms with E-state index in [-0.39, 0.29) is 18.0 Å². The van der Waals surface area contributed by atoms with Gasteiger partial charge in [-0.15, -0.1) is 0 Å². The fourth-order valence-electron chi connectivity index (χ4n) is 2.19. The summed E-state index contributed by atoms with van der Waals surface area (Å²) < 4.78 is 9.44. The molecule has 0 bridgehead atoms. The third kappa shape index (κ3) is 13.8. The highest BCUT2D eigenvalue weighted by Gasteiger charge is 2.09. The number of hydrogen-bond acceptors (Lipinski definition) is 6. The largest absolute Gasteiger partial charge is 0.512 e. The molecule has 0 radical (unpaired) electrons. The summed E-state index contributed by atoms with van der Waals surface area (Å²) >= 11 is 0. The smallest absolute Gasteiger partial charge is 0.334 e. The van der Waals surface area contributed by atoms with Crippen LogP contribution in [0.25, 0.3) is 0 Å². The number of Topliss-reactive ketones (excluding diaryl/α,β-unsaturated/α-hetero) is 1. The fourth-order valence-corrected chi connectivity index (χ4v) is 2.19. The van der Waals surface area contributed by atoms with Crippen molar-refractivity contribution in [3.8, 4) is 0 Å². The van der Waals surface area contributed by atoms with E-state index in [1.165, 1.54) is 0 Å². The lowest BCUT2D eigenvalue weighted by molar-refractivity contribution is -0.145. The maximum atomic E-state index is 11.5. The van der Waals surface area contributed by atoms with E-state index < -0.39 is 11.9 Å². The zero-order valence-electron chi connectivity index (χ0n) is 14.8. The lowest BCUT2D eigenvalue weighted by Gasteiger charge is -2.03. The van der Waals surface area contributed by atoms with E-state index in [9.17, 15) is 19.5 Å². The summed E-state index contributed by atoms with van der Waals surface area (Å²) in [6.07, 6.45) is 7.40. The van der Waals surface area contributed by atoms with Crippen molar-refractivity contribution in [3.63, 3.8) is 0 Å². The summed E-state index contributed by atoms with van der Waals surface area (Å²) in [5.41, 5.74) is 0. The highest BCUT2D eigenvalue weighted by atomic mass is 16.5. The zero-order chi connectivity index (χ0) is 18.2. The number of aliphatic hydroxyl groups excluding tert-OH is 1. The molecule has 0 aliphatic carbocycles. The van der Waals surface area contributed by atoms with E-state index in [1.54, 1.807) is 13.8 Å². The van der Waals surface area contributed by atoms with Crippen LogP contribution in [0.1, 0.15) is 71.6 Å². The topological polar surface area (TPSA) is 89.9 Å². The molecule has 0 fully saturated rings. The van der Waals surface area contributed by atoms with Crippen molar-refractivity contribution in [2.24, 2.45) is 0 Å². The third-order valence-corrected chi connectivity index (χ3v) is 3.36. The van der Waals surface area contributed by atoms with Gasteiger partial charge in [-0.05, 0) is 26.7 Å². The Morgan fingerprint density at radius 2 is 1.38 bits per heavy atom. The van der Waals surface area contributed by atoms with Gasteiger partial charge in [0.15, 0.2) is 0 Å². The molecule has 0 saturated carbocycles. The van der Waals surface area contributed by atoms with Crippen LogP contribution >= 0.6 is 0 Å². The number of rotatable bonds is 14. The van der Waals surface area contributed by atoms with Crippen LogP contribution in [0.4, 0.5) is 0 Å². The fraction of sp³-hybridized carbons (Fsp3) is 0.722. The van der Waals surface area contributed by atoms with Gasteiger partial charge < -0.3 is 14.6 Å². The molecule has 0 aliphatic heterocycles. The molecule has 0 saturated heterocycles. The van der Waals surface area contributed by atoms with Crippen molar-refractivity contribution >= 4 is 17.7 Å². The number of unbranched alkanes of at least 4 members (excludes halogenated alkanes) is 5. The number of carbonyl (C=O) groups excluding carboxylic acids is 3. The van der Waals surface area contributed by atoms with Gasteiger partial charge in [0.25, 0.3) is 0 Å². The summed E-state index contributed by atoms with van der Waals surface area (Å²) in [4.78, 5) is 33.7. The first-order valence-corrected chi connectivity index (χ1v) is 8.73. The highest BCUT2D eigenvalue weighted by molar-refractivity contribution is 5.95. The molecule has 0 aromatic rings. The Labute approximate surface area is 144 Å². The molecular weight excluding hydrogens is 312 g/mol. The summed E-state index contributed by atoms with van der Waals surface area (Å²) in [6, 6.07) is 0. The van der Waals surface area contributed by atoms with Crippen molar-refractivity contribution in [2.45, 2.75) is 71.6 Å². The van der Waals surface area contributed by atoms with E-state index in [1.807, 2.05) is 0 Å².